The van der Waals surface area contributed by atoms with E-state index in [0.717, 1.165) is 31.4 Å². The van der Waals surface area contributed by atoms with Gasteiger partial charge in [0.25, 0.3) is 5.91 Å². The highest BCUT2D eigenvalue weighted by atomic mass is 16.5. The SMILES string of the molecule is CCCc1ncncc1C(=O)NCC1(COC)CCCC1. The van der Waals surface area contributed by atoms with Crippen molar-refractivity contribution >= 4 is 5.91 Å². The van der Waals surface area contributed by atoms with Crippen LogP contribution in [0.2, 0.25) is 0 Å². The first-order valence-electron chi connectivity index (χ1n) is 7.77. The highest BCUT2D eigenvalue weighted by Gasteiger charge is 2.34. The number of carbonyl (C=O) groups is 1. The van der Waals surface area contributed by atoms with Gasteiger partial charge in [0.1, 0.15) is 6.33 Å². The highest BCUT2D eigenvalue weighted by molar-refractivity contribution is 5.94. The largest absolute Gasteiger partial charge is 0.384 e. The van der Waals surface area contributed by atoms with E-state index < -0.39 is 0 Å². The molecule has 0 spiro atoms. The standard InChI is InChI=1S/C16H25N3O2/c1-3-6-14-13(9-17-12-19-14)15(20)18-10-16(11-21-2)7-4-5-8-16/h9,12H,3-8,10-11H2,1-2H3,(H,18,20). The minimum Gasteiger partial charge on any atom is -0.384 e. The molecular formula is C16H25N3O2. The van der Waals surface area contributed by atoms with Gasteiger partial charge >= 0.3 is 0 Å². The van der Waals surface area contributed by atoms with E-state index in [4.69, 9.17) is 4.74 Å². The van der Waals surface area contributed by atoms with Gasteiger partial charge in [-0.05, 0) is 19.3 Å². The topological polar surface area (TPSA) is 64.1 Å². The molecule has 0 atom stereocenters. The number of hydrogen-bond donors (Lipinski definition) is 1. The molecule has 2 rings (SSSR count). The van der Waals surface area contributed by atoms with E-state index >= 15 is 0 Å². The predicted molar refractivity (Wildman–Crippen MR) is 81.1 cm³/mol. The summed E-state index contributed by atoms with van der Waals surface area (Å²) in [5.41, 5.74) is 1.53. The Kier molecular flexibility index (Phi) is 5.67. The first kappa shape index (κ1) is 15.9. The van der Waals surface area contributed by atoms with Gasteiger partial charge in [-0.1, -0.05) is 26.2 Å². The monoisotopic (exact) mass is 291 g/mol. The number of aromatic nitrogens is 2. The molecule has 21 heavy (non-hydrogen) atoms. The number of amides is 1. The summed E-state index contributed by atoms with van der Waals surface area (Å²) in [6.07, 6.45) is 9.56. The van der Waals surface area contributed by atoms with E-state index in [1.54, 1.807) is 13.3 Å². The van der Waals surface area contributed by atoms with Crippen molar-refractivity contribution in [3.63, 3.8) is 0 Å². The summed E-state index contributed by atoms with van der Waals surface area (Å²) in [5, 5.41) is 3.07. The minimum atomic E-state index is -0.0681. The van der Waals surface area contributed by atoms with Crippen LogP contribution in [0.3, 0.4) is 0 Å². The number of methoxy groups -OCH3 is 1. The van der Waals surface area contributed by atoms with Gasteiger partial charge in [-0.3, -0.25) is 4.79 Å². The van der Waals surface area contributed by atoms with Crippen LogP contribution in [0.5, 0.6) is 0 Å². The summed E-state index contributed by atoms with van der Waals surface area (Å²) in [6, 6.07) is 0. The van der Waals surface area contributed by atoms with Crippen LogP contribution in [-0.4, -0.2) is 36.1 Å². The molecule has 1 N–H and O–H groups in total. The van der Waals surface area contributed by atoms with Gasteiger partial charge in [0, 0.05) is 25.3 Å². The van der Waals surface area contributed by atoms with Gasteiger partial charge in [0.2, 0.25) is 0 Å². The Bertz CT molecular complexity index is 470. The number of rotatable bonds is 7. The molecule has 1 aliphatic rings. The van der Waals surface area contributed by atoms with E-state index in [2.05, 4.69) is 22.2 Å². The fourth-order valence-electron chi connectivity index (χ4n) is 3.15. The first-order valence-corrected chi connectivity index (χ1v) is 7.77. The molecular weight excluding hydrogens is 266 g/mol. The number of carbonyl (C=O) groups excluding carboxylic acids is 1. The Morgan fingerprint density at radius 3 is 2.86 bits per heavy atom. The fraction of sp³-hybridized carbons (Fsp3) is 0.688. The molecule has 5 nitrogen and oxygen atoms in total. The molecule has 1 aromatic heterocycles. The summed E-state index contributed by atoms with van der Waals surface area (Å²) in [5.74, 6) is -0.0681. The quantitative estimate of drug-likeness (QED) is 0.837. The molecule has 1 fully saturated rings. The normalized spacial score (nSPS) is 16.9. The van der Waals surface area contributed by atoms with Crippen LogP contribution in [0.1, 0.15) is 55.1 Å². The maximum atomic E-state index is 12.4. The molecule has 0 aromatic carbocycles. The van der Waals surface area contributed by atoms with Crippen LogP contribution in [0, 0.1) is 5.41 Å². The van der Waals surface area contributed by atoms with E-state index in [1.807, 2.05) is 0 Å². The van der Waals surface area contributed by atoms with Gasteiger partial charge in [-0.25, -0.2) is 9.97 Å². The Balaban J connectivity index is 2.01. The summed E-state index contributed by atoms with van der Waals surface area (Å²) in [7, 11) is 1.73. The molecule has 0 bridgehead atoms. The summed E-state index contributed by atoms with van der Waals surface area (Å²) < 4.78 is 5.35. The van der Waals surface area contributed by atoms with E-state index in [1.165, 1.54) is 19.2 Å². The number of hydrogen-bond acceptors (Lipinski definition) is 4. The van der Waals surface area contributed by atoms with Crippen molar-refractivity contribution < 1.29 is 9.53 Å². The summed E-state index contributed by atoms with van der Waals surface area (Å²) in [6.45, 7) is 3.45. The smallest absolute Gasteiger partial charge is 0.254 e. The average molecular weight is 291 g/mol. The lowest BCUT2D eigenvalue weighted by atomic mass is 9.87. The Hall–Kier alpha value is -1.49. The zero-order valence-corrected chi connectivity index (χ0v) is 13.0. The lowest BCUT2D eigenvalue weighted by molar-refractivity contribution is 0.0740. The molecule has 1 saturated carbocycles. The minimum absolute atomic E-state index is 0.0681. The van der Waals surface area contributed by atoms with Gasteiger partial charge in [-0.15, -0.1) is 0 Å². The number of aryl methyl sites for hydroxylation is 1. The van der Waals surface area contributed by atoms with Crippen LogP contribution < -0.4 is 5.32 Å². The van der Waals surface area contributed by atoms with Gasteiger partial charge in [0.15, 0.2) is 0 Å². The second-order valence-electron chi connectivity index (χ2n) is 5.96. The zero-order valence-electron chi connectivity index (χ0n) is 13.0. The fourth-order valence-corrected chi connectivity index (χ4v) is 3.15. The molecule has 0 saturated heterocycles. The lowest BCUT2D eigenvalue weighted by Gasteiger charge is -2.28. The predicted octanol–water partition coefficient (Wildman–Crippen LogP) is 2.37. The number of nitrogens with one attached hydrogen (secondary N) is 1. The summed E-state index contributed by atoms with van der Waals surface area (Å²) in [4.78, 5) is 20.6. The van der Waals surface area contributed by atoms with Crippen molar-refractivity contribution in [2.75, 3.05) is 20.3 Å². The second-order valence-corrected chi connectivity index (χ2v) is 5.96. The van der Waals surface area contributed by atoms with E-state index in [-0.39, 0.29) is 11.3 Å². The number of ether oxygens (including phenoxy) is 1. The van der Waals surface area contributed by atoms with E-state index in [9.17, 15) is 4.79 Å². The van der Waals surface area contributed by atoms with Gasteiger partial charge in [-0.2, -0.15) is 0 Å². The molecule has 0 aliphatic heterocycles. The highest BCUT2D eigenvalue weighted by Crippen LogP contribution is 2.37. The van der Waals surface area contributed by atoms with Gasteiger partial charge in [0.05, 0.1) is 17.9 Å². The first-order chi connectivity index (χ1) is 10.2. The third-order valence-electron chi connectivity index (χ3n) is 4.26. The molecule has 1 heterocycles. The van der Waals surface area contributed by atoms with E-state index in [0.29, 0.717) is 18.7 Å². The molecule has 0 unspecified atom stereocenters. The molecule has 1 aliphatic carbocycles. The van der Waals surface area contributed by atoms with Crippen molar-refractivity contribution in [3.8, 4) is 0 Å². The molecule has 5 heteroatoms. The Labute approximate surface area is 126 Å². The van der Waals surface area contributed by atoms with Crippen molar-refractivity contribution in [3.05, 3.63) is 23.8 Å². The number of nitrogens with zero attached hydrogens (tertiary/aromatic N) is 2. The average Bonchev–Trinajstić information content (AvgIpc) is 2.95. The van der Waals surface area contributed by atoms with Crippen LogP contribution in [0.4, 0.5) is 0 Å². The van der Waals surface area contributed by atoms with Crippen molar-refractivity contribution in [1.82, 2.24) is 15.3 Å². The van der Waals surface area contributed by atoms with Crippen molar-refractivity contribution in [1.29, 1.82) is 0 Å². The maximum absolute atomic E-state index is 12.4. The molecule has 0 radical (unpaired) electrons. The second kappa shape index (κ2) is 7.50. The third kappa shape index (κ3) is 4.00. The Morgan fingerprint density at radius 2 is 2.19 bits per heavy atom. The molecule has 1 amide bonds. The van der Waals surface area contributed by atoms with Crippen LogP contribution in [0.25, 0.3) is 0 Å². The molecule has 116 valence electrons. The van der Waals surface area contributed by atoms with Crippen molar-refractivity contribution in [2.45, 2.75) is 45.4 Å². The van der Waals surface area contributed by atoms with Crippen LogP contribution >= 0.6 is 0 Å². The van der Waals surface area contributed by atoms with Crippen molar-refractivity contribution in [2.24, 2.45) is 5.41 Å². The van der Waals surface area contributed by atoms with Crippen LogP contribution in [-0.2, 0) is 11.2 Å². The summed E-state index contributed by atoms with van der Waals surface area (Å²) >= 11 is 0. The van der Waals surface area contributed by atoms with Gasteiger partial charge < -0.3 is 10.1 Å². The maximum Gasteiger partial charge on any atom is 0.254 e. The third-order valence-corrected chi connectivity index (χ3v) is 4.26. The van der Waals surface area contributed by atoms with Crippen LogP contribution in [0.15, 0.2) is 12.5 Å². The molecule has 1 aromatic rings. The Morgan fingerprint density at radius 1 is 1.43 bits per heavy atom. The lowest BCUT2D eigenvalue weighted by Crippen LogP contribution is -2.39. The zero-order chi connectivity index (χ0) is 15.1.